The number of pyridine rings is 2. The Labute approximate surface area is 868 Å². The van der Waals surface area contributed by atoms with Gasteiger partial charge in [0.05, 0.1) is 256 Å². The highest BCUT2D eigenvalue weighted by Gasteiger charge is 2.52. The van der Waals surface area contributed by atoms with Crippen LogP contribution in [0.25, 0.3) is 22.3 Å². The van der Waals surface area contributed by atoms with E-state index in [9.17, 15) is 28.8 Å². The second-order valence-corrected chi connectivity index (χ2v) is 35.3. The summed E-state index contributed by atoms with van der Waals surface area (Å²) >= 11 is 0. The van der Waals surface area contributed by atoms with Crippen molar-refractivity contribution in [2.75, 3.05) is 355 Å². The van der Waals surface area contributed by atoms with E-state index in [0.717, 1.165) is 122 Å². The Morgan fingerprint density at radius 2 is 0.449 bits per heavy atom. The smallest absolute Gasteiger partial charge is 0.256 e. The van der Waals surface area contributed by atoms with Crippen molar-refractivity contribution in [1.82, 2.24) is 20.6 Å². The summed E-state index contributed by atoms with van der Waals surface area (Å²) in [5.41, 5.74) is 6.26. The largest absolute Gasteiger partial charge is 0.382 e. The normalized spacial score (nSPS) is 12.3. The summed E-state index contributed by atoms with van der Waals surface area (Å²) in [5.74, 6) is -1.97. The van der Waals surface area contributed by atoms with Crippen molar-refractivity contribution < 1.29 is 142 Å². The van der Waals surface area contributed by atoms with Crippen LogP contribution in [-0.2, 0) is 138 Å². The average molecular weight is 2070 g/mol. The van der Waals surface area contributed by atoms with Crippen LogP contribution in [0.5, 0.6) is 0 Å². The molecule has 1 spiro atoms. The molecule has 0 radical (unpaired) electrons. The molecule has 8 rings (SSSR count). The van der Waals surface area contributed by atoms with Gasteiger partial charge in [0, 0.05) is 106 Å². The number of rotatable bonds is 94. The lowest BCUT2D eigenvalue weighted by molar-refractivity contribution is -0.124. The van der Waals surface area contributed by atoms with E-state index in [-0.39, 0.29) is 71.8 Å². The Morgan fingerprint density at radius 3 is 0.694 bits per heavy atom. The van der Waals surface area contributed by atoms with Crippen LogP contribution in [0.1, 0.15) is 146 Å². The van der Waals surface area contributed by atoms with E-state index < -0.39 is 29.0 Å². The third-order valence-electron chi connectivity index (χ3n) is 24.8. The molecule has 38 heteroatoms. The molecule has 2 heterocycles. The first-order chi connectivity index (χ1) is 72.2. The molecule has 0 saturated heterocycles. The number of fused-ring (bicyclic) bond motifs is 10. The third-order valence-corrected chi connectivity index (χ3v) is 24.8. The summed E-state index contributed by atoms with van der Waals surface area (Å²) in [6.45, 7) is 18.7. The van der Waals surface area contributed by atoms with Crippen LogP contribution in [-0.4, -0.2) is 379 Å². The first kappa shape index (κ1) is 123. The fourth-order valence-corrected chi connectivity index (χ4v) is 17.5. The SMILES string of the molecule is COCCOCCOCCOCCCC(CCCOCCOCCOCCOC)(CCCOCCOCCOCCOC)CCC(=O)NCC(=O)Nc1cccc(NC(=O)c2ccc3c(c2)C2(c4ccccc4-3)c3ccccc3-c3ccc(C(=O)Nc4cccc(NC(=O)CNC(=O)CCC(CCCOCCOCCOCCOC)(CCCOCCOCCOCCOC)CCCOCCOCCOCCOC)n4)cc32)n1. The number of nitrogens with one attached hydrogen (secondary N) is 6. The number of amides is 6. The third kappa shape index (κ3) is 48.5. The molecule has 0 unspecified atom stereocenters. The minimum atomic E-state index is -1.01. The van der Waals surface area contributed by atoms with Gasteiger partial charge in [-0.2, -0.15) is 0 Å². The quantitative estimate of drug-likeness (QED) is 0.0193. The zero-order valence-electron chi connectivity index (χ0n) is 87.6. The molecular formula is C109H164N8O30. The van der Waals surface area contributed by atoms with E-state index in [1.54, 1.807) is 91.2 Å². The van der Waals surface area contributed by atoms with Gasteiger partial charge in [0.15, 0.2) is 0 Å². The number of carbonyl (C=O) groups excluding carboxylic acids is 6. The van der Waals surface area contributed by atoms with Gasteiger partial charge in [-0.3, -0.25) is 28.8 Å². The van der Waals surface area contributed by atoms with Crippen molar-refractivity contribution in [3.05, 3.63) is 155 Å². The second kappa shape index (κ2) is 77.4. The predicted octanol–water partition coefficient (Wildman–Crippen LogP) is 11.8. The molecule has 6 N–H and O–H groups in total. The number of hydrogen-bond donors (Lipinski definition) is 6. The minimum absolute atomic E-state index is 0.143. The Balaban J connectivity index is 0.889. The fourth-order valence-electron chi connectivity index (χ4n) is 17.5. The molecule has 2 aliphatic carbocycles. The number of anilines is 4. The number of aromatic nitrogens is 2. The molecule has 38 nitrogen and oxygen atoms in total. The molecule has 0 aliphatic heterocycles. The molecule has 4 aromatic carbocycles. The van der Waals surface area contributed by atoms with E-state index in [2.05, 4.69) is 66.1 Å². The second-order valence-electron chi connectivity index (χ2n) is 35.3. The van der Waals surface area contributed by atoms with Crippen LogP contribution in [0.3, 0.4) is 0 Å². The summed E-state index contributed by atoms with van der Waals surface area (Å²) in [4.78, 5) is 94.5. The summed E-state index contributed by atoms with van der Waals surface area (Å²) in [6.07, 6.45) is 10.2. The molecule has 6 amide bonds. The van der Waals surface area contributed by atoms with Gasteiger partial charge in [0.25, 0.3) is 11.8 Å². The molecule has 2 aliphatic rings. The van der Waals surface area contributed by atoms with Crippen molar-refractivity contribution in [2.45, 2.75) is 108 Å². The lowest BCUT2D eigenvalue weighted by Gasteiger charge is -2.35. The van der Waals surface area contributed by atoms with Gasteiger partial charge in [-0.05, 0) is 194 Å². The molecule has 0 fully saturated rings. The maximum atomic E-state index is 14.8. The van der Waals surface area contributed by atoms with Crippen LogP contribution in [0, 0.1) is 10.8 Å². The highest BCUT2D eigenvalue weighted by Crippen LogP contribution is 2.63. The number of ether oxygens (including phenoxy) is 24. The van der Waals surface area contributed by atoms with Crippen LogP contribution >= 0.6 is 0 Å². The lowest BCUT2D eigenvalue weighted by atomic mass is 9.70. The Bertz CT molecular complexity index is 4160. The molecule has 6 aromatic rings. The molecule has 0 bridgehead atoms. The molecule has 820 valence electrons. The van der Waals surface area contributed by atoms with Gasteiger partial charge in [-0.15, -0.1) is 0 Å². The van der Waals surface area contributed by atoms with Crippen LogP contribution in [0.2, 0.25) is 0 Å². The summed E-state index contributed by atoms with van der Waals surface area (Å²) in [7, 11) is 9.78. The number of methoxy groups -OCH3 is 6. The number of hydrogen-bond acceptors (Lipinski definition) is 32. The highest BCUT2D eigenvalue weighted by molar-refractivity contribution is 6.08. The van der Waals surface area contributed by atoms with E-state index in [1.807, 2.05) is 48.5 Å². The first-order valence-electron chi connectivity index (χ1n) is 51.8. The van der Waals surface area contributed by atoms with Gasteiger partial charge in [0.1, 0.15) is 23.3 Å². The van der Waals surface area contributed by atoms with Gasteiger partial charge >= 0.3 is 0 Å². The Morgan fingerprint density at radius 1 is 0.231 bits per heavy atom. The fraction of sp³-hybridized carbons (Fsp3) is 0.633. The molecule has 0 saturated carbocycles. The summed E-state index contributed by atoms with van der Waals surface area (Å²) in [6, 6.07) is 37.2. The van der Waals surface area contributed by atoms with Crippen LogP contribution in [0.4, 0.5) is 23.3 Å². The van der Waals surface area contributed by atoms with Crippen molar-refractivity contribution in [1.29, 1.82) is 0 Å². The Hall–Kier alpha value is -8.96. The predicted molar refractivity (Wildman–Crippen MR) is 555 cm³/mol. The van der Waals surface area contributed by atoms with Crippen molar-refractivity contribution in [2.24, 2.45) is 10.8 Å². The average Bonchev–Trinajstić information content (AvgIpc) is 1.51. The highest BCUT2D eigenvalue weighted by atomic mass is 16.6. The van der Waals surface area contributed by atoms with E-state index in [0.29, 0.717) is 301 Å². The maximum absolute atomic E-state index is 14.8. The lowest BCUT2D eigenvalue weighted by Crippen LogP contribution is -2.34. The number of benzene rings is 4. The molecule has 2 aromatic heterocycles. The van der Waals surface area contributed by atoms with Gasteiger partial charge in [-0.25, -0.2) is 9.97 Å². The van der Waals surface area contributed by atoms with Gasteiger partial charge in [-0.1, -0.05) is 72.8 Å². The number of carbonyl (C=O) groups is 6. The van der Waals surface area contributed by atoms with Gasteiger partial charge in [0.2, 0.25) is 23.6 Å². The monoisotopic (exact) mass is 2070 g/mol. The van der Waals surface area contributed by atoms with Crippen LogP contribution < -0.4 is 31.9 Å². The van der Waals surface area contributed by atoms with Crippen molar-refractivity contribution in [3.8, 4) is 22.3 Å². The summed E-state index contributed by atoms with van der Waals surface area (Å²) < 4.78 is 134. The maximum Gasteiger partial charge on any atom is 0.256 e. The number of nitrogens with zero attached hydrogens (tertiary/aromatic N) is 2. The summed E-state index contributed by atoms with van der Waals surface area (Å²) in [5, 5.41) is 17.2. The molecule has 0 atom stereocenters. The van der Waals surface area contributed by atoms with E-state index in [1.165, 1.54) is 0 Å². The van der Waals surface area contributed by atoms with E-state index >= 15 is 0 Å². The standard InChI is InChI=1S/C109H164N8O30/c1-124-47-53-136-71-77-142-65-59-130-41-13-33-107(34-14-42-131-60-66-143-78-72-137-54-48-125-2,35-15-43-132-61-67-144-79-73-138-55-49-126-3)39-31-101(118)110-85-103(120)114-97-23-11-25-99(112-97)116-105(122)87-27-29-91-89-19-7-9-21-93(89)109(95(91)83-87)94-22-10-8-20-90(94)92-30-28-88(84-96(92)109)106(123)117-100-26-12-24-98(113-100)115-104(121)86-111-102(119)32-40-108(36-16-44-133-62-68-145-80-74-139-56-50-127-4,37-17-45-134-63-69-146-81-75-140-57-51-128-5)38-18-46-135-64-70-147-82-76-141-58-52-129-6/h7-12,19-30,83-84H,13-18,31-82,85-86H2,1-6H3,(H,110,118)(H,111,119)(H2,112,114,116,120,122)(H2,113,115,117,121,123). The topological polar surface area (TPSA) is 422 Å². The van der Waals surface area contributed by atoms with Crippen molar-refractivity contribution in [3.63, 3.8) is 0 Å². The molecular weight excluding hydrogens is 1900 g/mol. The molecule has 147 heavy (non-hydrogen) atoms. The zero-order valence-corrected chi connectivity index (χ0v) is 87.6. The minimum Gasteiger partial charge on any atom is -0.382 e. The van der Waals surface area contributed by atoms with Gasteiger partial charge < -0.3 is 146 Å². The first-order valence-corrected chi connectivity index (χ1v) is 51.8. The van der Waals surface area contributed by atoms with E-state index in [4.69, 9.17) is 114 Å². The Kier molecular flexibility index (Phi) is 64.9. The van der Waals surface area contributed by atoms with Crippen LogP contribution in [0.15, 0.2) is 121 Å². The van der Waals surface area contributed by atoms with Crippen molar-refractivity contribution >= 4 is 58.7 Å². The zero-order chi connectivity index (χ0) is 104.